The quantitative estimate of drug-likeness (QED) is 0.472. The van der Waals surface area contributed by atoms with Gasteiger partial charge in [-0.1, -0.05) is 6.92 Å². The molecule has 1 unspecified atom stereocenters. The molecular weight excluding hydrogens is 356 g/mol. The van der Waals surface area contributed by atoms with Crippen LogP contribution in [0.3, 0.4) is 0 Å². The highest BCUT2D eigenvalue weighted by molar-refractivity contribution is 5.91. The Balaban J connectivity index is 1.77. The molecule has 0 saturated carbocycles. The number of nitro benzene ring substituents is 1. The second-order valence-corrected chi connectivity index (χ2v) is 6.89. The van der Waals surface area contributed by atoms with E-state index in [1.165, 1.54) is 11.6 Å². The maximum absolute atomic E-state index is 11.2. The van der Waals surface area contributed by atoms with Crippen molar-refractivity contribution in [2.45, 2.75) is 38.8 Å². The Hall–Kier alpha value is -3.06. The van der Waals surface area contributed by atoms with Gasteiger partial charge in [-0.05, 0) is 61.6 Å². The molecule has 0 N–H and O–H groups in total. The van der Waals surface area contributed by atoms with Crippen molar-refractivity contribution in [2.24, 2.45) is 0 Å². The van der Waals surface area contributed by atoms with E-state index in [1.807, 2.05) is 24.3 Å². The molecule has 7 nitrogen and oxygen atoms in total. The molecule has 1 fully saturated rings. The van der Waals surface area contributed by atoms with Crippen molar-refractivity contribution in [3.63, 3.8) is 0 Å². The lowest BCUT2D eigenvalue weighted by molar-refractivity contribution is -0.384. The summed E-state index contributed by atoms with van der Waals surface area (Å²) < 4.78 is 7.66. The molecule has 0 aliphatic carbocycles. The average Bonchev–Trinajstić information content (AvgIpc) is 3.11. The summed E-state index contributed by atoms with van der Waals surface area (Å²) in [7, 11) is 0. The van der Waals surface area contributed by atoms with Crippen LogP contribution in [0.15, 0.2) is 36.5 Å². The largest absolute Gasteiger partial charge is 0.356 e. The first-order valence-corrected chi connectivity index (χ1v) is 9.57. The summed E-state index contributed by atoms with van der Waals surface area (Å²) >= 11 is 0. The zero-order valence-corrected chi connectivity index (χ0v) is 15.7. The third-order valence-electron chi connectivity index (χ3n) is 5.02. The second kappa shape index (κ2) is 7.90. The molecule has 28 heavy (non-hydrogen) atoms. The highest BCUT2D eigenvalue weighted by Gasteiger charge is 2.22. The predicted octanol–water partition coefficient (Wildman–Crippen LogP) is 4.77. The summed E-state index contributed by atoms with van der Waals surface area (Å²) in [6.07, 6.45) is 9.33. The zero-order chi connectivity index (χ0) is 19.5. The molecule has 2 aromatic heterocycles. The third kappa shape index (κ3) is 3.66. The first-order valence-electron chi connectivity index (χ1n) is 9.57. The summed E-state index contributed by atoms with van der Waals surface area (Å²) in [6, 6.07) is 8.90. The maximum Gasteiger partial charge on any atom is 0.271 e. The Morgan fingerprint density at radius 3 is 2.93 bits per heavy atom. The van der Waals surface area contributed by atoms with Crippen LogP contribution in [0.4, 0.5) is 5.69 Å². The lowest BCUT2D eigenvalue weighted by Gasteiger charge is -2.23. The molecule has 1 aromatic carbocycles. The van der Waals surface area contributed by atoms with Gasteiger partial charge in [-0.25, -0.2) is 4.68 Å². The number of nitrogens with zero attached hydrogens (tertiary/aromatic N) is 4. The van der Waals surface area contributed by atoms with E-state index in [4.69, 9.17) is 9.84 Å². The first kappa shape index (κ1) is 18.3. The van der Waals surface area contributed by atoms with E-state index in [9.17, 15) is 10.1 Å². The minimum absolute atomic E-state index is 0.0531. The molecule has 1 saturated heterocycles. The lowest BCUT2D eigenvalue weighted by atomic mass is 10.1. The van der Waals surface area contributed by atoms with Gasteiger partial charge in [0.25, 0.3) is 5.69 Å². The topological polar surface area (TPSA) is 83.1 Å². The highest BCUT2D eigenvalue weighted by Crippen LogP contribution is 2.31. The fraction of sp³-hybridized carbons (Fsp3) is 0.333. The van der Waals surface area contributed by atoms with Crippen LogP contribution in [0.2, 0.25) is 0 Å². The van der Waals surface area contributed by atoms with Crippen molar-refractivity contribution < 1.29 is 9.66 Å². The average molecular weight is 378 g/mol. The molecule has 0 radical (unpaired) electrons. The van der Waals surface area contributed by atoms with Crippen molar-refractivity contribution in [1.29, 1.82) is 0 Å². The van der Waals surface area contributed by atoms with Crippen molar-refractivity contribution in [3.05, 3.63) is 63.6 Å². The van der Waals surface area contributed by atoms with E-state index >= 15 is 0 Å². The minimum Gasteiger partial charge on any atom is -0.356 e. The number of ether oxygens (including phenoxy) is 1. The Kier molecular flexibility index (Phi) is 5.16. The lowest BCUT2D eigenvalue weighted by Crippen LogP contribution is -2.19. The third-order valence-corrected chi connectivity index (χ3v) is 5.02. The maximum atomic E-state index is 11.2. The number of aromatic nitrogens is 3. The van der Waals surface area contributed by atoms with E-state index in [-0.39, 0.29) is 16.8 Å². The van der Waals surface area contributed by atoms with Gasteiger partial charge in [-0.3, -0.25) is 15.1 Å². The fourth-order valence-electron chi connectivity index (χ4n) is 3.49. The van der Waals surface area contributed by atoms with Crippen LogP contribution in [-0.2, 0) is 11.2 Å². The Morgan fingerprint density at radius 1 is 1.29 bits per heavy atom. The number of hydrogen-bond acceptors (Lipinski definition) is 5. The molecule has 1 aliphatic heterocycles. The predicted molar refractivity (Wildman–Crippen MR) is 108 cm³/mol. The van der Waals surface area contributed by atoms with Gasteiger partial charge in [0.15, 0.2) is 6.23 Å². The van der Waals surface area contributed by atoms with Gasteiger partial charge >= 0.3 is 0 Å². The normalized spacial score (nSPS) is 17.4. The first-order chi connectivity index (χ1) is 13.7. The van der Waals surface area contributed by atoms with Crippen molar-refractivity contribution in [2.75, 3.05) is 6.61 Å². The molecule has 4 rings (SSSR count). The summed E-state index contributed by atoms with van der Waals surface area (Å²) in [5, 5.41) is 16.8. The standard InChI is InChI=1S/C21H22N4O3/c1-2-15-10-11-22-16(13-15)6-9-19-18-8-7-17(25(26)27)14-20(18)24(23-19)21-5-3-4-12-28-21/h6-11,13-14,21H,2-5,12H2,1H3. The van der Waals surface area contributed by atoms with Crippen LogP contribution in [0, 0.1) is 10.1 Å². The van der Waals surface area contributed by atoms with E-state index in [0.29, 0.717) is 6.61 Å². The number of rotatable bonds is 5. The smallest absolute Gasteiger partial charge is 0.271 e. The van der Waals surface area contributed by atoms with Crippen LogP contribution in [0.5, 0.6) is 0 Å². The Morgan fingerprint density at radius 2 is 2.18 bits per heavy atom. The number of hydrogen-bond donors (Lipinski definition) is 0. The molecule has 0 amide bonds. The highest BCUT2D eigenvalue weighted by atomic mass is 16.6. The molecule has 7 heteroatoms. The number of non-ortho nitro benzene ring substituents is 1. The van der Waals surface area contributed by atoms with E-state index in [2.05, 4.69) is 11.9 Å². The molecule has 3 heterocycles. The van der Waals surface area contributed by atoms with Crippen molar-refractivity contribution in [1.82, 2.24) is 14.8 Å². The SMILES string of the molecule is CCc1ccnc(C=Cc2nn(C3CCCCO3)c3cc([N+](=O)[O-])ccc23)c1. The van der Waals surface area contributed by atoms with Gasteiger partial charge < -0.3 is 4.74 Å². The minimum atomic E-state index is -0.381. The van der Waals surface area contributed by atoms with Gasteiger partial charge in [0.2, 0.25) is 0 Å². The summed E-state index contributed by atoms with van der Waals surface area (Å²) in [6.45, 7) is 2.79. The molecule has 144 valence electrons. The second-order valence-electron chi connectivity index (χ2n) is 6.89. The van der Waals surface area contributed by atoms with Gasteiger partial charge in [0.1, 0.15) is 0 Å². The Bertz CT molecular complexity index is 1040. The van der Waals surface area contributed by atoms with Crippen LogP contribution in [0.25, 0.3) is 23.1 Å². The van der Waals surface area contributed by atoms with E-state index in [0.717, 1.165) is 48.0 Å². The molecule has 1 aliphatic rings. The summed E-state index contributed by atoms with van der Waals surface area (Å²) in [5.41, 5.74) is 3.60. The van der Waals surface area contributed by atoms with Crippen molar-refractivity contribution in [3.8, 4) is 0 Å². The Labute approximate surface area is 162 Å². The number of benzene rings is 1. The fourth-order valence-corrected chi connectivity index (χ4v) is 3.49. The van der Waals surface area contributed by atoms with Crippen LogP contribution >= 0.6 is 0 Å². The van der Waals surface area contributed by atoms with E-state index < -0.39 is 0 Å². The van der Waals surface area contributed by atoms with Crippen LogP contribution in [0.1, 0.15) is 49.4 Å². The molecular formula is C21H22N4O3. The summed E-state index contributed by atoms with van der Waals surface area (Å²) in [5.74, 6) is 0. The van der Waals surface area contributed by atoms with Crippen LogP contribution < -0.4 is 0 Å². The van der Waals surface area contributed by atoms with Gasteiger partial charge in [-0.2, -0.15) is 5.10 Å². The van der Waals surface area contributed by atoms with Crippen LogP contribution in [-0.4, -0.2) is 26.3 Å². The molecule has 0 spiro atoms. The van der Waals surface area contributed by atoms with Gasteiger partial charge in [0.05, 0.1) is 21.8 Å². The number of aryl methyl sites for hydroxylation is 1. The van der Waals surface area contributed by atoms with E-state index in [1.54, 1.807) is 23.0 Å². The number of fused-ring (bicyclic) bond motifs is 1. The summed E-state index contributed by atoms with van der Waals surface area (Å²) in [4.78, 5) is 15.2. The molecule has 3 aromatic rings. The van der Waals surface area contributed by atoms with Crippen molar-refractivity contribution >= 4 is 28.7 Å². The monoisotopic (exact) mass is 378 g/mol. The number of pyridine rings is 1. The van der Waals surface area contributed by atoms with Gasteiger partial charge in [0, 0.05) is 30.3 Å². The number of nitro groups is 1. The molecule has 0 bridgehead atoms. The molecule has 1 atom stereocenters. The zero-order valence-electron chi connectivity index (χ0n) is 15.7. The van der Waals surface area contributed by atoms with Gasteiger partial charge in [-0.15, -0.1) is 0 Å².